The van der Waals surface area contributed by atoms with Crippen molar-refractivity contribution in [1.82, 2.24) is 15.2 Å². The second-order valence-electron chi connectivity index (χ2n) is 4.95. The Bertz CT molecular complexity index is 648. The number of nitriles is 1. The molecular weight excluding hydrogens is 383 g/mol. The van der Waals surface area contributed by atoms with Crippen molar-refractivity contribution in [2.75, 3.05) is 13.1 Å². The molecule has 1 fully saturated rings. The van der Waals surface area contributed by atoms with E-state index in [0.29, 0.717) is 5.69 Å². The number of aromatic nitrogens is 1. The predicted octanol–water partition coefficient (Wildman–Crippen LogP) is 0.751. The van der Waals surface area contributed by atoms with E-state index in [1.54, 1.807) is 6.07 Å². The van der Waals surface area contributed by atoms with E-state index in [1.165, 1.54) is 18.3 Å². The van der Waals surface area contributed by atoms with Crippen LogP contribution in [0.4, 0.5) is 8.78 Å². The molecular formula is C14H13F2N4O2Y-. The van der Waals surface area contributed by atoms with Gasteiger partial charge in [-0.15, -0.1) is 5.69 Å². The van der Waals surface area contributed by atoms with E-state index < -0.39 is 43.3 Å². The van der Waals surface area contributed by atoms with Gasteiger partial charge in [-0.3, -0.25) is 14.6 Å². The van der Waals surface area contributed by atoms with Gasteiger partial charge in [-0.25, -0.2) is 15.7 Å². The van der Waals surface area contributed by atoms with Gasteiger partial charge in [0.05, 0.1) is 19.2 Å². The van der Waals surface area contributed by atoms with Gasteiger partial charge in [0.25, 0.3) is 5.92 Å². The zero-order chi connectivity index (χ0) is 16.3. The van der Waals surface area contributed by atoms with Gasteiger partial charge in [-0.05, 0) is 11.6 Å². The number of likely N-dealkylation sites (tertiary alicyclic amines) is 1. The fourth-order valence-corrected chi connectivity index (χ4v) is 2.17. The number of alkyl halides is 2. The number of carbonyl (C=O) groups is 2. The van der Waals surface area contributed by atoms with Crippen molar-refractivity contribution < 1.29 is 51.1 Å². The molecule has 9 heteroatoms. The largest absolute Gasteiger partial charge is 0.344 e. The second kappa shape index (κ2) is 7.80. The van der Waals surface area contributed by atoms with Crippen LogP contribution >= 0.6 is 0 Å². The topological polar surface area (TPSA) is 86.1 Å². The maximum atomic E-state index is 13.3. The molecule has 0 aliphatic carbocycles. The molecule has 119 valence electrons. The molecule has 0 saturated carbocycles. The first kappa shape index (κ1) is 19.5. The monoisotopic (exact) mass is 396 g/mol. The van der Waals surface area contributed by atoms with Crippen LogP contribution in [-0.2, 0) is 37.5 Å². The third-order valence-corrected chi connectivity index (χ3v) is 3.22. The smallest absolute Gasteiger partial charge is 0.268 e. The van der Waals surface area contributed by atoms with Gasteiger partial charge in [0.15, 0.2) is 0 Å². The molecule has 0 aromatic carbocycles. The van der Waals surface area contributed by atoms with E-state index in [-0.39, 0.29) is 38.3 Å². The molecule has 1 unspecified atom stereocenters. The third kappa shape index (κ3) is 4.94. The molecule has 1 aliphatic heterocycles. The number of hydrogen-bond acceptors (Lipinski definition) is 4. The van der Waals surface area contributed by atoms with Crippen molar-refractivity contribution >= 4 is 11.8 Å². The van der Waals surface area contributed by atoms with Crippen LogP contribution in [0.25, 0.3) is 0 Å². The van der Waals surface area contributed by atoms with Gasteiger partial charge in [-0.1, -0.05) is 0 Å². The number of amides is 2. The van der Waals surface area contributed by atoms with E-state index in [1.807, 2.05) is 0 Å². The van der Waals surface area contributed by atoms with E-state index in [2.05, 4.69) is 17.2 Å². The summed E-state index contributed by atoms with van der Waals surface area (Å²) in [6.45, 7) is 2.31. The van der Waals surface area contributed by atoms with Crippen molar-refractivity contribution in [3.8, 4) is 6.07 Å². The molecule has 1 aliphatic rings. The number of pyridine rings is 1. The first-order valence-corrected chi connectivity index (χ1v) is 6.45. The van der Waals surface area contributed by atoms with Crippen molar-refractivity contribution in [1.29, 1.82) is 5.26 Å². The first-order valence-electron chi connectivity index (χ1n) is 6.45. The Morgan fingerprint density at radius 3 is 2.87 bits per heavy atom. The Morgan fingerprint density at radius 2 is 2.26 bits per heavy atom. The van der Waals surface area contributed by atoms with Gasteiger partial charge in [0.2, 0.25) is 11.8 Å². The molecule has 1 aromatic rings. The van der Waals surface area contributed by atoms with Crippen molar-refractivity contribution in [2.45, 2.75) is 18.4 Å². The molecule has 1 N–H and O–H groups in total. The number of hydrogen-bond donors (Lipinski definition) is 1. The standard InChI is InChI=1S/C14H13F2N4O2.Y/c1-9-4-10(2-3-18-9)13(22)19-7-12(21)20-8-14(15,16)5-11(20)6-17;/h2-4,11H,1,5,7-8H2,(H,19,22);/q-1;. The summed E-state index contributed by atoms with van der Waals surface area (Å²) in [5, 5.41) is 11.2. The molecule has 0 bridgehead atoms. The summed E-state index contributed by atoms with van der Waals surface area (Å²) in [4.78, 5) is 28.4. The van der Waals surface area contributed by atoms with E-state index in [0.717, 1.165) is 4.90 Å². The molecule has 1 atom stereocenters. The average molecular weight is 396 g/mol. The summed E-state index contributed by atoms with van der Waals surface area (Å²) in [7, 11) is 0. The van der Waals surface area contributed by atoms with Gasteiger partial charge in [0, 0.05) is 45.3 Å². The first-order chi connectivity index (χ1) is 10.3. The van der Waals surface area contributed by atoms with Crippen LogP contribution in [0.2, 0.25) is 0 Å². The fourth-order valence-electron chi connectivity index (χ4n) is 2.17. The number of nitrogens with zero attached hydrogens (tertiary/aromatic N) is 3. The van der Waals surface area contributed by atoms with Gasteiger partial charge in [0.1, 0.15) is 6.04 Å². The van der Waals surface area contributed by atoms with Crippen molar-refractivity contribution in [3.05, 3.63) is 36.5 Å². The minimum atomic E-state index is -3.08. The van der Waals surface area contributed by atoms with Crippen LogP contribution in [0.5, 0.6) is 0 Å². The SMILES string of the molecule is [CH2-]c1cc(C(=O)NCC(=O)N2CC(F)(F)CC2C#N)ccn1.[Y]. The average Bonchev–Trinajstić information content (AvgIpc) is 2.79. The molecule has 2 heterocycles. The Labute approximate surface area is 157 Å². The van der Waals surface area contributed by atoms with Crippen LogP contribution in [0.1, 0.15) is 22.5 Å². The van der Waals surface area contributed by atoms with Crippen molar-refractivity contribution in [3.63, 3.8) is 0 Å². The van der Waals surface area contributed by atoms with Gasteiger partial charge >= 0.3 is 0 Å². The normalized spacial score (nSPS) is 18.7. The molecule has 6 nitrogen and oxygen atoms in total. The summed E-state index contributed by atoms with van der Waals surface area (Å²) >= 11 is 0. The number of carbonyl (C=O) groups excluding carboxylic acids is 2. The molecule has 0 spiro atoms. The minimum Gasteiger partial charge on any atom is -0.344 e. The van der Waals surface area contributed by atoms with Crippen LogP contribution in [0.3, 0.4) is 0 Å². The molecule has 1 radical (unpaired) electrons. The maximum Gasteiger partial charge on any atom is 0.268 e. The fraction of sp³-hybridized carbons (Fsp3) is 0.357. The molecule has 23 heavy (non-hydrogen) atoms. The number of halogens is 2. The molecule has 2 rings (SSSR count). The Hall–Kier alpha value is -1.59. The predicted molar refractivity (Wildman–Crippen MR) is 71.7 cm³/mol. The molecule has 2 amide bonds. The summed E-state index contributed by atoms with van der Waals surface area (Å²) in [5.74, 6) is -4.34. The minimum absolute atomic E-state index is 0. The summed E-state index contributed by atoms with van der Waals surface area (Å²) in [5.41, 5.74) is 0.652. The Morgan fingerprint density at radius 1 is 1.57 bits per heavy atom. The Balaban J connectivity index is 0.00000264. The van der Waals surface area contributed by atoms with E-state index in [9.17, 15) is 18.4 Å². The number of rotatable bonds is 3. The van der Waals surface area contributed by atoms with Gasteiger partial charge < -0.3 is 10.2 Å². The van der Waals surface area contributed by atoms with Crippen LogP contribution in [-0.4, -0.2) is 46.8 Å². The third-order valence-electron chi connectivity index (χ3n) is 3.22. The summed E-state index contributed by atoms with van der Waals surface area (Å²) in [6.07, 6.45) is 0.713. The van der Waals surface area contributed by atoms with Crippen LogP contribution in [0.15, 0.2) is 18.3 Å². The van der Waals surface area contributed by atoms with E-state index in [4.69, 9.17) is 5.26 Å². The maximum absolute atomic E-state index is 13.3. The quantitative estimate of drug-likeness (QED) is 0.765. The Kier molecular flexibility index (Phi) is 6.60. The summed E-state index contributed by atoms with van der Waals surface area (Å²) < 4.78 is 26.5. The van der Waals surface area contributed by atoms with Crippen LogP contribution < -0.4 is 5.32 Å². The summed E-state index contributed by atoms with van der Waals surface area (Å²) in [6, 6.07) is 3.37. The van der Waals surface area contributed by atoms with Crippen LogP contribution in [0, 0.1) is 18.3 Å². The zero-order valence-corrected chi connectivity index (χ0v) is 15.0. The van der Waals surface area contributed by atoms with Crippen molar-refractivity contribution in [2.24, 2.45) is 0 Å². The number of nitrogens with one attached hydrogen (secondary N) is 1. The zero-order valence-electron chi connectivity index (χ0n) is 12.1. The second-order valence-corrected chi connectivity index (χ2v) is 4.95. The molecule has 1 saturated heterocycles. The van der Waals surface area contributed by atoms with E-state index >= 15 is 0 Å². The molecule has 1 aromatic heterocycles. The van der Waals surface area contributed by atoms with Gasteiger partial charge in [-0.2, -0.15) is 11.3 Å².